The van der Waals surface area contributed by atoms with Crippen molar-refractivity contribution in [2.24, 2.45) is 0 Å². The molecule has 1 heterocycles. The third-order valence-electron chi connectivity index (χ3n) is 3.10. The van der Waals surface area contributed by atoms with Gasteiger partial charge in [-0.3, -0.25) is 0 Å². The van der Waals surface area contributed by atoms with Crippen molar-refractivity contribution in [3.05, 3.63) is 23.3 Å². The van der Waals surface area contributed by atoms with E-state index in [4.69, 9.17) is 14.2 Å². The van der Waals surface area contributed by atoms with Crippen LogP contribution in [0.15, 0.2) is 12.1 Å². The van der Waals surface area contributed by atoms with E-state index >= 15 is 0 Å². The Balaban J connectivity index is 2.33. The van der Waals surface area contributed by atoms with Gasteiger partial charge < -0.3 is 19.5 Å². The molecule has 0 aliphatic carbocycles. The average molecular weight is 237 g/mol. The molecular weight excluding hydrogens is 218 g/mol. The van der Waals surface area contributed by atoms with Gasteiger partial charge in [-0.2, -0.15) is 0 Å². The normalized spacial score (nSPS) is 20.1. The topological polar surface area (TPSA) is 39.7 Å². The Labute approximate surface area is 102 Å². The van der Waals surface area contributed by atoms with E-state index in [2.05, 4.69) is 5.32 Å². The molecule has 1 aliphatic rings. The molecule has 1 atom stereocenters. The van der Waals surface area contributed by atoms with Crippen LogP contribution in [0.1, 0.15) is 17.2 Å². The summed E-state index contributed by atoms with van der Waals surface area (Å²) in [6.07, 6.45) is 0. The van der Waals surface area contributed by atoms with E-state index in [0.29, 0.717) is 6.61 Å². The Kier molecular flexibility index (Phi) is 3.86. The fraction of sp³-hybridized carbons (Fsp3) is 0.538. The van der Waals surface area contributed by atoms with Gasteiger partial charge in [0.25, 0.3) is 0 Å². The summed E-state index contributed by atoms with van der Waals surface area (Å²) in [5, 5.41) is 3.42. The first kappa shape index (κ1) is 12.2. The number of hydrogen-bond acceptors (Lipinski definition) is 4. The van der Waals surface area contributed by atoms with Gasteiger partial charge in [0.1, 0.15) is 11.5 Å². The first-order valence-electron chi connectivity index (χ1n) is 5.80. The van der Waals surface area contributed by atoms with Crippen molar-refractivity contribution < 1.29 is 14.2 Å². The van der Waals surface area contributed by atoms with E-state index in [0.717, 1.165) is 35.8 Å². The number of hydrogen-bond donors (Lipinski definition) is 1. The Morgan fingerprint density at radius 2 is 1.88 bits per heavy atom. The minimum Gasteiger partial charge on any atom is -0.496 e. The van der Waals surface area contributed by atoms with Gasteiger partial charge in [-0.25, -0.2) is 0 Å². The van der Waals surface area contributed by atoms with Crippen molar-refractivity contribution >= 4 is 0 Å². The standard InChI is InChI=1S/C13H19NO3/c1-9-12(15-2)6-10(7-13(9)16-3)11-8-17-5-4-14-11/h6-7,11,14H,4-5,8H2,1-3H3. The Hall–Kier alpha value is -1.26. The van der Waals surface area contributed by atoms with Crippen LogP contribution in [0.5, 0.6) is 11.5 Å². The fourth-order valence-electron chi connectivity index (χ4n) is 2.09. The Bertz CT molecular complexity index is 361. The molecule has 17 heavy (non-hydrogen) atoms. The third kappa shape index (κ3) is 2.53. The van der Waals surface area contributed by atoms with Gasteiger partial charge in [0.15, 0.2) is 0 Å². The van der Waals surface area contributed by atoms with Crippen LogP contribution in [0.4, 0.5) is 0 Å². The summed E-state index contributed by atoms with van der Waals surface area (Å²) in [7, 11) is 3.35. The minimum atomic E-state index is 0.215. The van der Waals surface area contributed by atoms with E-state index in [1.165, 1.54) is 0 Å². The molecule has 1 N–H and O–H groups in total. The Morgan fingerprint density at radius 1 is 1.24 bits per heavy atom. The monoisotopic (exact) mass is 237 g/mol. The van der Waals surface area contributed by atoms with Crippen LogP contribution in [0.25, 0.3) is 0 Å². The molecule has 0 saturated carbocycles. The fourth-order valence-corrected chi connectivity index (χ4v) is 2.09. The largest absolute Gasteiger partial charge is 0.496 e. The quantitative estimate of drug-likeness (QED) is 0.868. The summed E-state index contributed by atoms with van der Waals surface area (Å²) in [5.41, 5.74) is 2.17. The number of benzene rings is 1. The van der Waals surface area contributed by atoms with E-state index in [9.17, 15) is 0 Å². The van der Waals surface area contributed by atoms with Crippen molar-refractivity contribution in [2.75, 3.05) is 34.0 Å². The summed E-state index contributed by atoms with van der Waals surface area (Å²) in [6, 6.07) is 4.31. The van der Waals surface area contributed by atoms with Gasteiger partial charge in [-0.1, -0.05) is 0 Å². The van der Waals surface area contributed by atoms with Gasteiger partial charge in [-0.15, -0.1) is 0 Å². The first-order chi connectivity index (χ1) is 8.26. The van der Waals surface area contributed by atoms with Gasteiger partial charge >= 0.3 is 0 Å². The van der Waals surface area contributed by atoms with Crippen molar-refractivity contribution in [2.45, 2.75) is 13.0 Å². The second-order valence-electron chi connectivity index (χ2n) is 4.13. The smallest absolute Gasteiger partial charge is 0.125 e. The molecule has 1 fully saturated rings. The van der Waals surface area contributed by atoms with Crippen LogP contribution in [0.3, 0.4) is 0 Å². The molecule has 1 aromatic carbocycles. The summed E-state index contributed by atoms with van der Waals surface area (Å²) >= 11 is 0. The van der Waals surface area contributed by atoms with Gasteiger partial charge in [0.05, 0.1) is 33.5 Å². The van der Waals surface area contributed by atoms with Crippen molar-refractivity contribution in [1.29, 1.82) is 0 Å². The Morgan fingerprint density at radius 3 is 2.35 bits per heavy atom. The summed E-state index contributed by atoms with van der Waals surface area (Å²) in [4.78, 5) is 0. The van der Waals surface area contributed by atoms with Crippen LogP contribution in [-0.4, -0.2) is 34.0 Å². The van der Waals surface area contributed by atoms with Crippen LogP contribution in [0.2, 0.25) is 0 Å². The molecule has 1 unspecified atom stereocenters. The summed E-state index contributed by atoms with van der Waals surface area (Å²) in [6.45, 7) is 4.33. The number of ether oxygens (including phenoxy) is 3. The number of nitrogens with one attached hydrogen (secondary N) is 1. The van der Waals surface area contributed by atoms with Crippen molar-refractivity contribution in [3.63, 3.8) is 0 Å². The molecule has 1 saturated heterocycles. The highest BCUT2D eigenvalue weighted by atomic mass is 16.5. The summed E-state index contributed by atoms with van der Waals surface area (Å²) < 4.78 is 16.2. The molecule has 1 aliphatic heterocycles. The SMILES string of the molecule is COc1cc(C2COCCN2)cc(OC)c1C. The molecule has 0 spiro atoms. The predicted octanol–water partition coefficient (Wildman–Crippen LogP) is 1.67. The van der Waals surface area contributed by atoms with Crippen LogP contribution in [0, 0.1) is 6.92 Å². The van der Waals surface area contributed by atoms with Crippen LogP contribution in [-0.2, 0) is 4.74 Å². The lowest BCUT2D eigenvalue weighted by molar-refractivity contribution is 0.0767. The zero-order valence-electron chi connectivity index (χ0n) is 10.6. The maximum absolute atomic E-state index is 5.47. The lowest BCUT2D eigenvalue weighted by Crippen LogP contribution is -2.34. The van der Waals surface area contributed by atoms with Crippen LogP contribution < -0.4 is 14.8 Å². The molecule has 4 nitrogen and oxygen atoms in total. The molecule has 2 rings (SSSR count). The van der Waals surface area contributed by atoms with Gasteiger partial charge in [-0.05, 0) is 24.6 Å². The number of morpholine rings is 1. The van der Waals surface area contributed by atoms with Gasteiger partial charge in [0, 0.05) is 12.1 Å². The average Bonchev–Trinajstić information content (AvgIpc) is 2.40. The zero-order chi connectivity index (χ0) is 12.3. The zero-order valence-corrected chi connectivity index (χ0v) is 10.6. The molecule has 0 bridgehead atoms. The van der Waals surface area contributed by atoms with Gasteiger partial charge in [0.2, 0.25) is 0 Å². The van der Waals surface area contributed by atoms with E-state index < -0.39 is 0 Å². The maximum Gasteiger partial charge on any atom is 0.125 e. The molecule has 4 heteroatoms. The second kappa shape index (κ2) is 5.38. The molecule has 0 amide bonds. The third-order valence-corrected chi connectivity index (χ3v) is 3.10. The first-order valence-corrected chi connectivity index (χ1v) is 5.80. The van der Waals surface area contributed by atoms with Crippen molar-refractivity contribution in [3.8, 4) is 11.5 Å². The lowest BCUT2D eigenvalue weighted by Gasteiger charge is -2.25. The molecule has 1 aromatic rings. The van der Waals surface area contributed by atoms with Crippen LogP contribution >= 0.6 is 0 Å². The summed E-state index contributed by atoms with van der Waals surface area (Å²) in [5.74, 6) is 1.71. The van der Waals surface area contributed by atoms with E-state index in [-0.39, 0.29) is 6.04 Å². The maximum atomic E-state index is 5.47. The van der Waals surface area contributed by atoms with E-state index in [1.54, 1.807) is 14.2 Å². The molecule has 94 valence electrons. The minimum absolute atomic E-state index is 0.215. The van der Waals surface area contributed by atoms with E-state index in [1.807, 2.05) is 19.1 Å². The number of methoxy groups -OCH3 is 2. The molecular formula is C13H19NO3. The van der Waals surface area contributed by atoms with Crippen molar-refractivity contribution in [1.82, 2.24) is 5.32 Å². The highest BCUT2D eigenvalue weighted by Crippen LogP contribution is 2.32. The predicted molar refractivity (Wildman–Crippen MR) is 65.8 cm³/mol. The lowest BCUT2D eigenvalue weighted by atomic mass is 10.0. The number of rotatable bonds is 3. The molecule has 0 aromatic heterocycles. The highest BCUT2D eigenvalue weighted by molar-refractivity contribution is 5.48. The highest BCUT2D eigenvalue weighted by Gasteiger charge is 2.18. The second-order valence-corrected chi connectivity index (χ2v) is 4.13. The molecule has 0 radical (unpaired) electrons.